The van der Waals surface area contributed by atoms with Crippen LogP contribution in [0.15, 0.2) is 24.4 Å². The Kier molecular flexibility index (Phi) is 8.97. The van der Waals surface area contributed by atoms with Crippen molar-refractivity contribution in [2.45, 2.75) is 20.8 Å². The Hall–Kier alpha value is -1.28. The molecule has 108 valence electrons. The Morgan fingerprint density at radius 1 is 1.05 bits per heavy atom. The summed E-state index contributed by atoms with van der Waals surface area (Å²) in [5.74, 6) is -1.16. The Morgan fingerprint density at radius 2 is 1.42 bits per heavy atom. The van der Waals surface area contributed by atoms with Gasteiger partial charge < -0.3 is 18.0 Å². The number of cyclic esters (lactones) is 2. The molecule has 19 heavy (non-hydrogen) atoms. The summed E-state index contributed by atoms with van der Waals surface area (Å²) in [7, 11) is -2.51. The number of hydrogen-bond donors (Lipinski definition) is 0. The van der Waals surface area contributed by atoms with Gasteiger partial charge in [-0.25, -0.2) is 9.59 Å². The van der Waals surface area contributed by atoms with E-state index in [0.717, 1.165) is 12.2 Å². The van der Waals surface area contributed by atoms with Crippen LogP contribution >= 0.6 is 0 Å². The Morgan fingerprint density at radius 3 is 1.58 bits per heavy atom. The maximum absolute atomic E-state index is 9.92. The van der Waals surface area contributed by atoms with Crippen LogP contribution in [0.1, 0.15) is 20.8 Å². The van der Waals surface area contributed by atoms with Gasteiger partial charge in [0.15, 0.2) is 0 Å². The monoisotopic (exact) mass is 288 g/mol. The van der Waals surface area contributed by atoms with Gasteiger partial charge in [-0.1, -0.05) is 6.58 Å². The molecule has 0 atom stereocenters. The van der Waals surface area contributed by atoms with Crippen LogP contribution in [0.4, 0.5) is 0 Å². The molecule has 0 aromatic carbocycles. The van der Waals surface area contributed by atoms with Crippen LogP contribution in [-0.2, 0) is 27.6 Å². The lowest BCUT2D eigenvalue weighted by atomic mass is 10.6. The van der Waals surface area contributed by atoms with Crippen LogP contribution in [0.5, 0.6) is 0 Å². The molecule has 0 unspecified atom stereocenters. The van der Waals surface area contributed by atoms with Gasteiger partial charge in [0.1, 0.15) is 0 Å². The topological polar surface area (TPSA) is 71.1 Å². The van der Waals surface area contributed by atoms with E-state index < -0.39 is 20.7 Å². The van der Waals surface area contributed by atoms with E-state index in [1.165, 1.54) is 0 Å². The minimum absolute atomic E-state index is 0.579. The highest BCUT2D eigenvalue weighted by Crippen LogP contribution is 2.10. The molecular formula is C12H20O6Si. The SMILES string of the molecule is C=C[Si](OCC)(OCC)OCC.O=C1C=CC(=O)O1. The third-order valence-electron chi connectivity index (χ3n) is 1.84. The lowest BCUT2D eigenvalue weighted by molar-refractivity contribution is -0.150. The van der Waals surface area contributed by atoms with E-state index >= 15 is 0 Å². The van der Waals surface area contributed by atoms with Crippen molar-refractivity contribution in [3.05, 3.63) is 24.4 Å². The Bertz CT molecular complexity index is 306. The van der Waals surface area contributed by atoms with Gasteiger partial charge in [0.25, 0.3) is 0 Å². The lowest BCUT2D eigenvalue weighted by Gasteiger charge is -2.24. The van der Waals surface area contributed by atoms with E-state index in [1.54, 1.807) is 5.70 Å². The quantitative estimate of drug-likeness (QED) is 0.400. The van der Waals surface area contributed by atoms with Crippen LogP contribution < -0.4 is 0 Å². The first-order chi connectivity index (χ1) is 9.03. The average molecular weight is 288 g/mol. The summed E-state index contributed by atoms with van der Waals surface area (Å²) >= 11 is 0. The third-order valence-corrected chi connectivity index (χ3v) is 4.42. The van der Waals surface area contributed by atoms with E-state index in [9.17, 15) is 9.59 Å². The molecule has 7 heteroatoms. The van der Waals surface area contributed by atoms with Gasteiger partial charge in [-0.2, -0.15) is 0 Å². The minimum Gasteiger partial charge on any atom is -0.387 e. The van der Waals surface area contributed by atoms with Crippen LogP contribution in [0.25, 0.3) is 0 Å². The molecular weight excluding hydrogens is 268 g/mol. The van der Waals surface area contributed by atoms with E-state index in [0.29, 0.717) is 19.8 Å². The van der Waals surface area contributed by atoms with Crippen molar-refractivity contribution in [1.29, 1.82) is 0 Å². The summed E-state index contributed by atoms with van der Waals surface area (Å²) in [4.78, 5) is 19.8. The van der Waals surface area contributed by atoms with Crippen molar-refractivity contribution in [3.63, 3.8) is 0 Å². The zero-order valence-corrected chi connectivity index (χ0v) is 12.5. The highest BCUT2D eigenvalue weighted by Gasteiger charge is 2.36. The fourth-order valence-corrected chi connectivity index (χ4v) is 3.02. The van der Waals surface area contributed by atoms with E-state index in [-0.39, 0.29) is 0 Å². The summed E-state index contributed by atoms with van der Waals surface area (Å²) in [6.07, 6.45) is 2.17. The van der Waals surface area contributed by atoms with E-state index in [4.69, 9.17) is 13.3 Å². The molecule has 0 aromatic rings. The number of carbonyl (C=O) groups excluding carboxylic acids is 2. The second kappa shape index (κ2) is 9.62. The second-order valence-corrected chi connectivity index (χ2v) is 5.66. The number of rotatable bonds is 7. The molecule has 1 aliphatic rings. The number of carbonyl (C=O) groups is 2. The molecule has 0 aromatic heterocycles. The average Bonchev–Trinajstić information content (AvgIpc) is 2.75. The molecule has 1 heterocycles. The molecule has 0 saturated heterocycles. The van der Waals surface area contributed by atoms with Crippen molar-refractivity contribution >= 4 is 20.7 Å². The summed E-state index contributed by atoms with van der Waals surface area (Å²) in [6, 6.07) is 0. The summed E-state index contributed by atoms with van der Waals surface area (Å²) in [5.41, 5.74) is 1.67. The fraction of sp³-hybridized carbons (Fsp3) is 0.500. The molecule has 0 fully saturated rings. The highest BCUT2D eigenvalue weighted by molar-refractivity contribution is 6.66. The highest BCUT2D eigenvalue weighted by atomic mass is 28.4. The van der Waals surface area contributed by atoms with Crippen molar-refractivity contribution in [1.82, 2.24) is 0 Å². The Labute approximate surface area is 114 Å². The molecule has 0 aliphatic carbocycles. The molecule has 0 spiro atoms. The molecule has 0 saturated carbocycles. The van der Waals surface area contributed by atoms with Crippen LogP contribution in [0.2, 0.25) is 0 Å². The minimum atomic E-state index is -2.51. The summed E-state index contributed by atoms with van der Waals surface area (Å²) in [5, 5.41) is 0. The predicted molar refractivity (Wildman–Crippen MR) is 71.1 cm³/mol. The maximum atomic E-state index is 9.92. The van der Waals surface area contributed by atoms with Gasteiger partial charge in [0.2, 0.25) is 0 Å². The van der Waals surface area contributed by atoms with Gasteiger partial charge in [0.05, 0.1) is 0 Å². The molecule has 0 N–H and O–H groups in total. The number of hydrogen-bond acceptors (Lipinski definition) is 6. The third kappa shape index (κ3) is 7.02. The molecule has 0 amide bonds. The Balaban J connectivity index is 0.000000388. The fourth-order valence-electron chi connectivity index (χ4n) is 1.21. The lowest BCUT2D eigenvalue weighted by Crippen LogP contribution is -2.44. The second-order valence-electron chi connectivity index (χ2n) is 3.18. The smallest absolute Gasteiger partial charge is 0.387 e. The molecule has 6 nitrogen and oxygen atoms in total. The predicted octanol–water partition coefficient (Wildman–Crippen LogP) is 1.39. The largest absolute Gasteiger partial charge is 0.528 e. The molecule has 1 aliphatic heterocycles. The van der Waals surface area contributed by atoms with Crippen LogP contribution in [0.3, 0.4) is 0 Å². The number of ether oxygens (including phenoxy) is 1. The van der Waals surface area contributed by atoms with E-state index in [1.807, 2.05) is 20.8 Å². The van der Waals surface area contributed by atoms with Crippen molar-refractivity contribution < 1.29 is 27.6 Å². The summed E-state index contributed by atoms with van der Waals surface area (Å²) in [6.45, 7) is 11.2. The van der Waals surface area contributed by atoms with Gasteiger partial charge >= 0.3 is 20.7 Å². The van der Waals surface area contributed by atoms with Crippen molar-refractivity contribution in [2.75, 3.05) is 19.8 Å². The zero-order valence-electron chi connectivity index (χ0n) is 11.5. The van der Waals surface area contributed by atoms with Crippen LogP contribution in [-0.4, -0.2) is 40.6 Å². The molecule has 0 radical (unpaired) electrons. The zero-order chi connectivity index (χ0) is 14.7. The maximum Gasteiger partial charge on any atom is 0.528 e. The molecule has 1 rings (SSSR count). The van der Waals surface area contributed by atoms with Crippen LogP contribution in [0, 0.1) is 0 Å². The number of esters is 2. The van der Waals surface area contributed by atoms with Gasteiger partial charge in [-0.3, -0.25) is 0 Å². The van der Waals surface area contributed by atoms with Gasteiger partial charge in [-0.15, -0.1) is 0 Å². The normalized spacial score (nSPS) is 13.8. The van der Waals surface area contributed by atoms with Crippen molar-refractivity contribution in [2.24, 2.45) is 0 Å². The molecule has 0 bridgehead atoms. The first-order valence-electron chi connectivity index (χ1n) is 6.02. The van der Waals surface area contributed by atoms with Crippen molar-refractivity contribution in [3.8, 4) is 0 Å². The van der Waals surface area contributed by atoms with Gasteiger partial charge in [0, 0.05) is 32.0 Å². The first-order valence-corrected chi connectivity index (χ1v) is 7.83. The van der Waals surface area contributed by atoms with E-state index in [2.05, 4.69) is 11.3 Å². The summed E-state index contributed by atoms with van der Waals surface area (Å²) < 4.78 is 20.3. The first kappa shape index (κ1) is 17.7. The standard InChI is InChI=1S/C8H18O3Si.C4H2O3/c1-5-9-12(8-4,10-6-2)11-7-3;5-3-1-2-4(6)7-3/h8H,4-7H2,1-3H3;1-2H. The van der Waals surface area contributed by atoms with Gasteiger partial charge in [-0.05, 0) is 26.5 Å².